The van der Waals surface area contributed by atoms with E-state index in [4.69, 9.17) is 9.73 Å². The van der Waals surface area contributed by atoms with E-state index in [0.717, 1.165) is 51.8 Å². The fourth-order valence-electron chi connectivity index (χ4n) is 2.57. The van der Waals surface area contributed by atoms with E-state index in [9.17, 15) is 0 Å². The molecule has 0 aromatic rings. The van der Waals surface area contributed by atoms with Crippen LogP contribution >= 0.6 is 24.0 Å². The predicted octanol–water partition coefficient (Wildman–Crippen LogP) is 2.56. The highest BCUT2D eigenvalue weighted by Gasteiger charge is 2.20. The number of hydrogen-bond donors (Lipinski definition) is 2. The second-order valence-electron chi connectivity index (χ2n) is 6.49. The summed E-state index contributed by atoms with van der Waals surface area (Å²) in [6.07, 6.45) is 2.40. The van der Waals surface area contributed by atoms with Crippen molar-refractivity contribution in [3.8, 4) is 0 Å². The number of halogens is 1. The zero-order valence-corrected chi connectivity index (χ0v) is 17.8. The maximum Gasteiger partial charge on any atom is 0.191 e. The van der Waals surface area contributed by atoms with E-state index in [1.807, 2.05) is 0 Å². The van der Waals surface area contributed by atoms with Crippen molar-refractivity contribution >= 4 is 29.9 Å². The van der Waals surface area contributed by atoms with Crippen LogP contribution in [0.25, 0.3) is 0 Å². The minimum atomic E-state index is 0. The molecule has 0 aromatic carbocycles. The van der Waals surface area contributed by atoms with Gasteiger partial charge in [0.2, 0.25) is 0 Å². The minimum Gasteiger partial charge on any atom is -0.380 e. The van der Waals surface area contributed by atoms with Crippen LogP contribution in [0, 0.1) is 11.8 Å². The first-order chi connectivity index (χ1) is 10.7. The SMILES string of the molecule is CCNC(=NCC1CCN(CC)C1)NCCOCCC(C)C.I. The van der Waals surface area contributed by atoms with Crippen LogP contribution in [0.15, 0.2) is 4.99 Å². The normalized spacial score (nSPS) is 19.0. The van der Waals surface area contributed by atoms with Gasteiger partial charge in [0.1, 0.15) is 0 Å². The molecule has 1 aliphatic rings. The zero-order chi connectivity index (χ0) is 16.2. The summed E-state index contributed by atoms with van der Waals surface area (Å²) in [6.45, 7) is 16.6. The molecule has 0 bridgehead atoms. The molecular weight excluding hydrogens is 403 g/mol. The van der Waals surface area contributed by atoms with Crippen molar-refractivity contribution in [1.29, 1.82) is 0 Å². The number of rotatable bonds is 10. The second-order valence-corrected chi connectivity index (χ2v) is 6.49. The number of nitrogens with zero attached hydrogens (tertiary/aromatic N) is 2. The fourth-order valence-corrected chi connectivity index (χ4v) is 2.57. The van der Waals surface area contributed by atoms with Gasteiger partial charge in [-0.15, -0.1) is 24.0 Å². The van der Waals surface area contributed by atoms with Gasteiger partial charge in [-0.1, -0.05) is 20.8 Å². The van der Waals surface area contributed by atoms with Gasteiger partial charge in [-0.05, 0) is 44.7 Å². The van der Waals surface area contributed by atoms with Crippen molar-refractivity contribution in [2.75, 3.05) is 52.5 Å². The quantitative estimate of drug-likeness (QED) is 0.237. The van der Waals surface area contributed by atoms with Crippen molar-refractivity contribution in [2.45, 2.75) is 40.5 Å². The van der Waals surface area contributed by atoms with Crippen LogP contribution < -0.4 is 10.6 Å². The van der Waals surface area contributed by atoms with Gasteiger partial charge < -0.3 is 20.3 Å². The van der Waals surface area contributed by atoms with Crippen LogP contribution in [0.1, 0.15) is 40.5 Å². The molecule has 0 aliphatic carbocycles. The molecule has 0 saturated carbocycles. The van der Waals surface area contributed by atoms with Crippen molar-refractivity contribution in [2.24, 2.45) is 16.8 Å². The van der Waals surface area contributed by atoms with Crippen molar-refractivity contribution in [3.63, 3.8) is 0 Å². The summed E-state index contributed by atoms with van der Waals surface area (Å²) in [6, 6.07) is 0. The summed E-state index contributed by atoms with van der Waals surface area (Å²) in [7, 11) is 0. The van der Waals surface area contributed by atoms with Gasteiger partial charge in [0.05, 0.1) is 6.61 Å². The van der Waals surface area contributed by atoms with Crippen LogP contribution in [-0.2, 0) is 4.74 Å². The van der Waals surface area contributed by atoms with Gasteiger partial charge in [0.25, 0.3) is 0 Å². The Hall–Kier alpha value is -0.0800. The summed E-state index contributed by atoms with van der Waals surface area (Å²) >= 11 is 0. The maximum absolute atomic E-state index is 5.63. The Balaban J connectivity index is 0.00000484. The van der Waals surface area contributed by atoms with Gasteiger partial charge in [-0.3, -0.25) is 4.99 Å². The first-order valence-electron chi connectivity index (χ1n) is 8.97. The van der Waals surface area contributed by atoms with Crippen molar-refractivity contribution in [1.82, 2.24) is 15.5 Å². The van der Waals surface area contributed by atoms with Gasteiger partial charge >= 0.3 is 0 Å². The van der Waals surface area contributed by atoms with Crippen molar-refractivity contribution in [3.05, 3.63) is 0 Å². The molecule has 2 N–H and O–H groups in total. The first-order valence-corrected chi connectivity index (χ1v) is 8.97. The number of nitrogens with one attached hydrogen (secondary N) is 2. The molecule has 0 aromatic heterocycles. The van der Waals surface area contributed by atoms with Crippen LogP contribution in [0.4, 0.5) is 0 Å². The Morgan fingerprint density at radius 2 is 2.04 bits per heavy atom. The average Bonchev–Trinajstić information content (AvgIpc) is 2.96. The molecule has 5 nitrogen and oxygen atoms in total. The molecule has 1 fully saturated rings. The smallest absolute Gasteiger partial charge is 0.191 e. The van der Waals surface area contributed by atoms with Crippen LogP contribution in [-0.4, -0.2) is 63.3 Å². The molecule has 23 heavy (non-hydrogen) atoms. The number of aliphatic imine (C=N–C) groups is 1. The molecule has 1 heterocycles. The first kappa shape index (κ1) is 22.9. The molecule has 1 aliphatic heterocycles. The third-order valence-corrected chi connectivity index (χ3v) is 4.05. The maximum atomic E-state index is 5.63. The van der Waals surface area contributed by atoms with E-state index in [1.165, 1.54) is 19.5 Å². The Morgan fingerprint density at radius 1 is 1.26 bits per heavy atom. The minimum absolute atomic E-state index is 0. The molecule has 0 radical (unpaired) electrons. The highest BCUT2D eigenvalue weighted by atomic mass is 127. The monoisotopic (exact) mass is 440 g/mol. The molecule has 1 rings (SSSR count). The molecular formula is C17H37IN4O. The molecule has 1 saturated heterocycles. The highest BCUT2D eigenvalue weighted by molar-refractivity contribution is 14.0. The van der Waals surface area contributed by atoms with Gasteiger partial charge in [-0.25, -0.2) is 0 Å². The third kappa shape index (κ3) is 11.2. The zero-order valence-electron chi connectivity index (χ0n) is 15.4. The molecule has 138 valence electrons. The molecule has 0 amide bonds. The highest BCUT2D eigenvalue weighted by Crippen LogP contribution is 2.15. The molecule has 1 atom stereocenters. The topological polar surface area (TPSA) is 48.9 Å². The standard InChI is InChI=1S/C17H36N4O.HI/c1-5-18-17(19-9-12-22-11-8-15(3)4)20-13-16-7-10-21(6-2)14-16;/h15-16H,5-14H2,1-4H3,(H2,18,19,20);1H. The number of hydrogen-bond acceptors (Lipinski definition) is 3. The lowest BCUT2D eigenvalue weighted by atomic mass is 10.1. The Bertz CT molecular complexity index is 313. The predicted molar refractivity (Wildman–Crippen MR) is 110 cm³/mol. The molecule has 1 unspecified atom stereocenters. The van der Waals surface area contributed by atoms with E-state index in [0.29, 0.717) is 11.8 Å². The Kier molecular flexibility index (Phi) is 14.2. The fraction of sp³-hybridized carbons (Fsp3) is 0.941. The second kappa shape index (κ2) is 14.3. The van der Waals surface area contributed by atoms with E-state index in [2.05, 4.69) is 43.2 Å². The summed E-state index contributed by atoms with van der Waals surface area (Å²) in [5.41, 5.74) is 0. The lowest BCUT2D eigenvalue weighted by Crippen LogP contribution is -2.39. The Labute approximate surface area is 160 Å². The van der Waals surface area contributed by atoms with E-state index < -0.39 is 0 Å². The van der Waals surface area contributed by atoms with E-state index in [1.54, 1.807) is 0 Å². The summed E-state index contributed by atoms with van der Waals surface area (Å²) in [5.74, 6) is 2.34. The van der Waals surface area contributed by atoms with Crippen LogP contribution in [0.3, 0.4) is 0 Å². The van der Waals surface area contributed by atoms with E-state index in [-0.39, 0.29) is 24.0 Å². The lowest BCUT2D eigenvalue weighted by molar-refractivity contribution is 0.128. The number of guanidine groups is 1. The largest absolute Gasteiger partial charge is 0.380 e. The lowest BCUT2D eigenvalue weighted by Gasteiger charge is -2.14. The number of ether oxygens (including phenoxy) is 1. The van der Waals surface area contributed by atoms with Gasteiger partial charge in [-0.2, -0.15) is 0 Å². The summed E-state index contributed by atoms with van der Waals surface area (Å²) < 4.78 is 5.63. The summed E-state index contributed by atoms with van der Waals surface area (Å²) in [4.78, 5) is 7.23. The van der Waals surface area contributed by atoms with Gasteiger partial charge in [0, 0.05) is 32.8 Å². The Morgan fingerprint density at radius 3 is 2.65 bits per heavy atom. The van der Waals surface area contributed by atoms with Crippen LogP contribution in [0.5, 0.6) is 0 Å². The molecule has 0 spiro atoms. The number of likely N-dealkylation sites (tertiary alicyclic amines) is 1. The third-order valence-electron chi connectivity index (χ3n) is 4.05. The van der Waals surface area contributed by atoms with E-state index >= 15 is 0 Å². The van der Waals surface area contributed by atoms with Gasteiger partial charge in [0.15, 0.2) is 5.96 Å². The average molecular weight is 440 g/mol. The molecule has 6 heteroatoms. The summed E-state index contributed by atoms with van der Waals surface area (Å²) in [5, 5.41) is 6.67. The van der Waals surface area contributed by atoms with Crippen molar-refractivity contribution < 1.29 is 4.74 Å². The van der Waals surface area contributed by atoms with Crippen LogP contribution in [0.2, 0.25) is 0 Å².